The second-order valence-corrected chi connectivity index (χ2v) is 5.94. The highest BCUT2D eigenvalue weighted by Gasteiger charge is 2.27. The van der Waals surface area contributed by atoms with Crippen LogP contribution in [0.3, 0.4) is 0 Å². The maximum atomic E-state index is 12.0. The van der Waals surface area contributed by atoms with E-state index in [2.05, 4.69) is 4.72 Å². The van der Waals surface area contributed by atoms with Gasteiger partial charge in [-0.2, -0.15) is 13.2 Å². The third kappa shape index (κ3) is 5.55. The molecule has 0 radical (unpaired) electrons. The number of alkyl halides is 3. The fourth-order valence-corrected chi connectivity index (χ4v) is 2.58. The Morgan fingerprint density at radius 1 is 1.35 bits per heavy atom. The molecular formula is C11H15F3N2O3S. The number of sulfonamides is 1. The van der Waals surface area contributed by atoms with E-state index in [4.69, 9.17) is 10.5 Å². The van der Waals surface area contributed by atoms with Crippen LogP contribution in [0.4, 0.5) is 24.5 Å². The van der Waals surface area contributed by atoms with Crippen LogP contribution < -0.4 is 15.2 Å². The average molecular weight is 312 g/mol. The lowest BCUT2D eigenvalue weighted by molar-refractivity contribution is -0.134. The van der Waals surface area contributed by atoms with Gasteiger partial charge in [-0.1, -0.05) is 0 Å². The summed E-state index contributed by atoms with van der Waals surface area (Å²) < 4.78 is 66.2. The number of hydrogen-bond acceptors (Lipinski definition) is 4. The summed E-state index contributed by atoms with van der Waals surface area (Å²) in [6, 6.07) is 4.20. The van der Waals surface area contributed by atoms with Gasteiger partial charge in [-0.15, -0.1) is 0 Å². The lowest BCUT2D eigenvalue weighted by atomic mass is 10.2. The highest BCUT2D eigenvalue weighted by molar-refractivity contribution is 7.92. The van der Waals surface area contributed by atoms with Crippen molar-refractivity contribution in [3.63, 3.8) is 0 Å². The molecule has 1 aromatic carbocycles. The third-order valence-corrected chi connectivity index (χ3v) is 3.75. The van der Waals surface area contributed by atoms with Crippen molar-refractivity contribution in [3.8, 4) is 5.75 Å². The van der Waals surface area contributed by atoms with E-state index in [0.717, 1.165) is 0 Å². The molecule has 0 bridgehead atoms. The fraction of sp³-hybridized carbons (Fsp3) is 0.455. The topological polar surface area (TPSA) is 81.4 Å². The maximum absolute atomic E-state index is 12.0. The van der Waals surface area contributed by atoms with Crippen molar-refractivity contribution in [2.75, 3.05) is 23.3 Å². The molecule has 0 atom stereocenters. The first kappa shape index (κ1) is 16.4. The minimum atomic E-state index is -4.36. The monoisotopic (exact) mass is 312 g/mol. The quantitative estimate of drug-likeness (QED) is 0.790. The number of methoxy groups -OCH3 is 1. The van der Waals surface area contributed by atoms with Gasteiger partial charge in [0.2, 0.25) is 10.0 Å². The number of benzene rings is 1. The summed E-state index contributed by atoms with van der Waals surface area (Å²) >= 11 is 0. The van der Waals surface area contributed by atoms with Gasteiger partial charge in [0.05, 0.1) is 24.2 Å². The Labute approximate surface area is 115 Å². The lowest BCUT2D eigenvalue weighted by Crippen LogP contribution is -2.19. The SMILES string of the molecule is COc1cc(NS(=O)(=O)CCCC(F)(F)F)ccc1N. The van der Waals surface area contributed by atoms with E-state index in [0.29, 0.717) is 5.69 Å². The van der Waals surface area contributed by atoms with E-state index in [1.54, 1.807) is 0 Å². The number of nitrogen functional groups attached to an aromatic ring is 1. The molecule has 0 fully saturated rings. The van der Waals surface area contributed by atoms with Crippen molar-refractivity contribution >= 4 is 21.4 Å². The van der Waals surface area contributed by atoms with Gasteiger partial charge in [0, 0.05) is 12.5 Å². The van der Waals surface area contributed by atoms with Gasteiger partial charge in [0.1, 0.15) is 5.75 Å². The zero-order valence-corrected chi connectivity index (χ0v) is 11.5. The molecule has 0 amide bonds. The summed E-state index contributed by atoms with van der Waals surface area (Å²) in [5, 5.41) is 0. The Bertz CT molecular complexity index is 559. The molecule has 0 saturated heterocycles. The van der Waals surface area contributed by atoms with Crippen LogP contribution in [-0.2, 0) is 10.0 Å². The van der Waals surface area contributed by atoms with E-state index >= 15 is 0 Å². The number of hydrogen-bond donors (Lipinski definition) is 2. The molecule has 3 N–H and O–H groups in total. The lowest BCUT2D eigenvalue weighted by Gasteiger charge is -2.11. The zero-order valence-electron chi connectivity index (χ0n) is 10.7. The molecule has 1 rings (SSSR count). The molecule has 0 aliphatic carbocycles. The van der Waals surface area contributed by atoms with Crippen LogP contribution >= 0.6 is 0 Å². The molecule has 9 heteroatoms. The fourth-order valence-electron chi connectivity index (χ4n) is 1.47. The zero-order chi connectivity index (χ0) is 15.4. The van der Waals surface area contributed by atoms with Gasteiger partial charge in [-0.25, -0.2) is 8.42 Å². The molecule has 0 aromatic heterocycles. The van der Waals surface area contributed by atoms with Gasteiger partial charge in [0.25, 0.3) is 0 Å². The Kier molecular flexibility index (Phi) is 5.09. The van der Waals surface area contributed by atoms with E-state index in [-0.39, 0.29) is 11.4 Å². The number of halogens is 3. The standard InChI is InChI=1S/C11H15F3N2O3S/c1-19-10-7-8(3-4-9(10)15)16-20(17,18)6-2-5-11(12,13)14/h3-4,7,16H,2,5-6,15H2,1H3. The summed E-state index contributed by atoms with van der Waals surface area (Å²) in [6.45, 7) is 0. The highest BCUT2D eigenvalue weighted by atomic mass is 32.2. The molecule has 0 aliphatic heterocycles. The van der Waals surface area contributed by atoms with E-state index in [1.165, 1.54) is 25.3 Å². The van der Waals surface area contributed by atoms with E-state index in [9.17, 15) is 21.6 Å². The first-order valence-corrected chi connectivity index (χ1v) is 7.29. The molecule has 0 saturated carbocycles. The number of rotatable bonds is 6. The predicted molar refractivity (Wildman–Crippen MR) is 70.1 cm³/mol. The minimum Gasteiger partial charge on any atom is -0.495 e. The molecule has 5 nitrogen and oxygen atoms in total. The van der Waals surface area contributed by atoms with Crippen molar-refractivity contribution in [2.45, 2.75) is 19.0 Å². The van der Waals surface area contributed by atoms with Crippen molar-refractivity contribution in [3.05, 3.63) is 18.2 Å². The molecule has 1 aromatic rings. The van der Waals surface area contributed by atoms with E-state index in [1.807, 2.05) is 0 Å². The summed E-state index contributed by atoms with van der Waals surface area (Å²) in [7, 11) is -2.47. The third-order valence-electron chi connectivity index (χ3n) is 2.38. The van der Waals surface area contributed by atoms with Crippen LogP contribution in [-0.4, -0.2) is 27.5 Å². The molecular weight excluding hydrogens is 297 g/mol. The average Bonchev–Trinajstić information content (AvgIpc) is 2.29. The first-order valence-electron chi connectivity index (χ1n) is 5.64. The molecule has 114 valence electrons. The smallest absolute Gasteiger partial charge is 0.389 e. The van der Waals surface area contributed by atoms with Crippen LogP contribution in [0.1, 0.15) is 12.8 Å². The van der Waals surface area contributed by atoms with Crippen LogP contribution in [0, 0.1) is 0 Å². The summed E-state index contributed by atoms with van der Waals surface area (Å²) in [5.74, 6) is -0.334. The van der Waals surface area contributed by atoms with Crippen molar-refractivity contribution < 1.29 is 26.3 Å². The van der Waals surface area contributed by atoms with Gasteiger partial charge in [0.15, 0.2) is 0 Å². The second kappa shape index (κ2) is 6.21. The normalized spacial score (nSPS) is 12.2. The second-order valence-electron chi connectivity index (χ2n) is 4.10. The number of nitrogens with one attached hydrogen (secondary N) is 1. The van der Waals surface area contributed by atoms with Crippen LogP contribution in [0.5, 0.6) is 5.75 Å². The highest BCUT2D eigenvalue weighted by Crippen LogP contribution is 2.26. The van der Waals surface area contributed by atoms with Crippen molar-refractivity contribution in [2.24, 2.45) is 0 Å². The Hall–Kier alpha value is -1.64. The molecule has 0 spiro atoms. The number of anilines is 2. The Morgan fingerprint density at radius 3 is 2.55 bits per heavy atom. The van der Waals surface area contributed by atoms with Crippen LogP contribution in [0.15, 0.2) is 18.2 Å². The maximum Gasteiger partial charge on any atom is 0.389 e. The molecule has 0 aliphatic rings. The van der Waals surface area contributed by atoms with Crippen molar-refractivity contribution in [1.29, 1.82) is 0 Å². The summed E-state index contributed by atoms with van der Waals surface area (Å²) in [5.41, 5.74) is 6.07. The summed E-state index contributed by atoms with van der Waals surface area (Å²) in [6.07, 6.45) is -6.00. The van der Waals surface area contributed by atoms with Gasteiger partial charge < -0.3 is 10.5 Å². The van der Waals surface area contributed by atoms with Crippen LogP contribution in [0.25, 0.3) is 0 Å². The summed E-state index contributed by atoms with van der Waals surface area (Å²) in [4.78, 5) is 0. The number of nitrogens with two attached hydrogens (primary N) is 1. The molecule has 0 unspecified atom stereocenters. The minimum absolute atomic E-state index is 0.183. The van der Waals surface area contributed by atoms with E-state index < -0.39 is 34.8 Å². The van der Waals surface area contributed by atoms with Crippen molar-refractivity contribution in [1.82, 2.24) is 0 Å². The van der Waals surface area contributed by atoms with Crippen LogP contribution in [0.2, 0.25) is 0 Å². The predicted octanol–water partition coefficient (Wildman–Crippen LogP) is 2.36. The Morgan fingerprint density at radius 2 is 2.00 bits per heavy atom. The van der Waals surface area contributed by atoms with Gasteiger partial charge in [-0.3, -0.25) is 4.72 Å². The molecule has 0 heterocycles. The largest absolute Gasteiger partial charge is 0.495 e. The first-order chi connectivity index (χ1) is 9.13. The Balaban J connectivity index is 2.67. The number of ether oxygens (including phenoxy) is 1. The molecule has 20 heavy (non-hydrogen) atoms. The van der Waals surface area contributed by atoms with Gasteiger partial charge >= 0.3 is 6.18 Å². The van der Waals surface area contributed by atoms with Gasteiger partial charge in [-0.05, 0) is 18.6 Å².